The molecule has 1 aliphatic heterocycles. The highest BCUT2D eigenvalue weighted by molar-refractivity contribution is 7.90. The number of nitrogens with one attached hydrogen (secondary N) is 1. The number of benzene rings is 1. The Kier molecular flexibility index (Phi) is 5.40. The lowest BCUT2D eigenvalue weighted by Crippen LogP contribution is -2.20. The van der Waals surface area contributed by atoms with Gasteiger partial charge in [-0.2, -0.15) is 10.1 Å². The van der Waals surface area contributed by atoms with Gasteiger partial charge in [0.05, 0.1) is 16.8 Å². The fourth-order valence-electron chi connectivity index (χ4n) is 3.92. The molecule has 1 N–H and O–H groups in total. The number of ether oxygens (including phenoxy) is 1. The first-order chi connectivity index (χ1) is 15.5. The van der Waals surface area contributed by atoms with Crippen LogP contribution in [0.5, 0.6) is 0 Å². The van der Waals surface area contributed by atoms with Crippen LogP contribution in [-0.2, 0) is 21.1 Å². The zero-order chi connectivity index (χ0) is 22.1. The number of nitrogens with zero attached hydrogens (tertiary/aromatic N) is 5. The van der Waals surface area contributed by atoms with Crippen LogP contribution < -0.4 is 5.32 Å². The first-order valence-electron chi connectivity index (χ1n) is 10.5. The molecule has 4 heterocycles. The fourth-order valence-corrected chi connectivity index (χ4v) is 4.55. The minimum absolute atomic E-state index is 0.287. The fraction of sp³-hybridized carbons (Fsp3) is 0.318. The van der Waals surface area contributed by atoms with Crippen molar-refractivity contribution in [3.05, 3.63) is 55.0 Å². The normalized spacial score (nSPS) is 15.3. The highest BCUT2D eigenvalue weighted by Crippen LogP contribution is 2.26. The van der Waals surface area contributed by atoms with Crippen molar-refractivity contribution < 1.29 is 13.2 Å². The molecule has 166 valence electrons. The second-order valence-corrected chi connectivity index (χ2v) is 10.1. The molecule has 1 aromatic carbocycles. The van der Waals surface area contributed by atoms with E-state index < -0.39 is 9.84 Å². The zero-order valence-electron chi connectivity index (χ0n) is 17.7. The monoisotopic (exact) mass is 452 g/mol. The average Bonchev–Trinajstić information content (AvgIpc) is 3.40. The van der Waals surface area contributed by atoms with Crippen molar-refractivity contribution in [3.8, 4) is 11.1 Å². The molecular formula is C22H24N6O3S. The largest absolute Gasteiger partial charge is 0.381 e. The SMILES string of the molecule is CS(=O)(=O)c1ccc(-c2cccn3nc(Nc4cnn(CC5CCOCC5)c4)nc23)cc1. The smallest absolute Gasteiger partial charge is 0.247 e. The second-order valence-electron chi connectivity index (χ2n) is 8.05. The Morgan fingerprint density at radius 2 is 1.94 bits per heavy atom. The molecule has 0 bridgehead atoms. The van der Waals surface area contributed by atoms with Crippen LogP contribution in [-0.4, -0.2) is 52.3 Å². The quantitative estimate of drug-likeness (QED) is 0.479. The van der Waals surface area contributed by atoms with Crippen molar-refractivity contribution in [1.82, 2.24) is 24.4 Å². The lowest BCUT2D eigenvalue weighted by Gasteiger charge is -2.21. The Morgan fingerprint density at radius 3 is 2.69 bits per heavy atom. The van der Waals surface area contributed by atoms with Gasteiger partial charge in [-0.25, -0.2) is 12.9 Å². The van der Waals surface area contributed by atoms with Crippen molar-refractivity contribution in [2.24, 2.45) is 5.92 Å². The number of anilines is 2. The summed E-state index contributed by atoms with van der Waals surface area (Å²) in [5.41, 5.74) is 3.23. The standard InChI is InChI=1S/C22H24N6O3S/c1-32(29,30)19-6-4-17(5-7-19)20-3-2-10-28-21(20)25-22(26-28)24-18-13-23-27(15-18)14-16-8-11-31-12-9-16/h2-7,10,13,15-16H,8-9,11-12,14H2,1H3,(H,24,26). The third-order valence-electron chi connectivity index (χ3n) is 5.63. The van der Waals surface area contributed by atoms with Gasteiger partial charge in [0.2, 0.25) is 5.95 Å². The zero-order valence-corrected chi connectivity index (χ0v) is 18.5. The van der Waals surface area contributed by atoms with E-state index in [9.17, 15) is 8.42 Å². The van der Waals surface area contributed by atoms with Gasteiger partial charge in [0.15, 0.2) is 15.5 Å². The minimum atomic E-state index is -3.24. The Morgan fingerprint density at radius 1 is 1.16 bits per heavy atom. The molecule has 4 aromatic rings. The van der Waals surface area contributed by atoms with Crippen LogP contribution in [0.3, 0.4) is 0 Å². The van der Waals surface area contributed by atoms with Crippen LogP contribution in [0.1, 0.15) is 12.8 Å². The molecular weight excluding hydrogens is 428 g/mol. The Balaban J connectivity index is 1.36. The van der Waals surface area contributed by atoms with Gasteiger partial charge in [-0.15, -0.1) is 5.10 Å². The van der Waals surface area contributed by atoms with E-state index >= 15 is 0 Å². The lowest BCUT2D eigenvalue weighted by molar-refractivity contribution is 0.0601. The first-order valence-corrected chi connectivity index (χ1v) is 12.4. The number of rotatable bonds is 6. The molecule has 10 heteroatoms. The van der Waals surface area contributed by atoms with E-state index in [0.29, 0.717) is 17.5 Å². The van der Waals surface area contributed by atoms with E-state index in [1.54, 1.807) is 35.0 Å². The molecule has 0 saturated carbocycles. The van der Waals surface area contributed by atoms with Crippen molar-refractivity contribution in [2.45, 2.75) is 24.3 Å². The summed E-state index contributed by atoms with van der Waals surface area (Å²) in [5.74, 6) is 1.05. The van der Waals surface area contributed by atoms with Crippen LogP contribution in [0.2, 0.25) is 0 Å². The summed E-state index contributed by atoms with van der Waals surface area (Å²) in [6, 6.07) is 10.6. The molecule has 0 aliphatic carbocycles. The summed E-state index contributed by atoms with van der Waals surface area (Å²) in [6.45, 7) is 2.51. The maximum absolute atomic E-state index is 11.7. The van der Waals surface area contributed by atoms with Crippen LogP contribution >= 0.6 is 0 Å². The third kappa shape index (κ3) is 4.37. The van der Waals surface area contributed by atoms with Crippen molar-refractivity contribution in [3.63, 3.8) is 0 Å². The molecule has 5 rings (SSSR count). The van der Waals surface area contributed by atoms with E-state index in [4.69, 9.17) is 4.74 Å². The lowest BCUT2D eigenvalue weighted by atomic mass is 10.0. The highest BCUT2D eigenvalue weighted by atomic mass is 32.2. The van der Waals surface area contributed by atoms with Gasteiger partial charge in [-0.05, 0) is 48.6 Å². The summed E-state index contributed by atoms with van der Waals surface area (Å²) in [6.07, 6.45) is 8.89. The van der Waals surface area contributed by atoms with Gasteiger partial charge in [0.1, 0.15) is 0 Å². The van der Waals surface area contributed by atoms with Gasteiger partial charge in [-0.3, -0.25) is 4.68 Å². The number of sulfone groups is 1. The summed E-state index contributed by atoms with van der Waals surface area (Å²) in [5, 5.41) is 12.2. The minimum Gasteiger partial charge on any atom is -0.381 e. The van der Waals surface area contributed by atoms with E-state index in [2.05, 4.69) is 20.5 Å². The predicted octanol–water partition coefficient (Wildman–Crippen LogP) is 3.17. The molecule has 1 saturated heterocycles. The van der Waals surface area contributed by atoms with E-state index in [0.717, 1.165) is 49.4 Å². The molecule has 0 atom stereocenters. The van der Waals surface area contributed by atoms with Gasteiger partial charge in [-0.1, -0.05) is 12.1 Å². The number of hydrogen-bond acceptors (Lipinski definition) is 7. The summed E-state index contributed by atoms with van der Waals surface area (Å²) >= 11 is 0. The summed E-state index contributed by atoms with van der Waals surface area (Å²) in [7, 11) is -3.24. The van der Waals surface area contributed by atoms with Gasteiger partial charge >= 0.3 is 0 Å². The molecule has 3 aromatic heterocycles. The van der Waals surface area contributed by atoms with Crippen molar-refractivity contribution in [1.29, 1.82) is 0 Å². The molecule has 0 radical (unpaired) electrons. The number of pyridine rings is 1. The van der Waals surface area contributed by atoms with E-state index in [1.165, 1.54) is 6.26 Å². The Hall–Kier alpha value is -3.24. The summed E-state index contributed by atoms with van der Waals surface area (Å²) < 4.78 is 32.5. The second kappa shape index (κ2) is 8.36. The third-order valence-corrected chi connectivity index (χ3v) is 6.76. The number of aromatic nitrogens is 5. The molecule has 0 amide bonds. The Labute approximate surface area is 186 Å². The number of fused-ring (bicyclic) bond motifs is 1. The Bertz CT molecular complexity index is 1340. The van der Waals surface area contributed by atoms with Gasteiger partial charge < -0.3 is 10.1 Å². The highest BCUT2D eigenvalue weighted by Gasteiger charge is 2.16. The van der Waals surface area contributed by atoms with Crippen LogP contribution in [0.4, 0.5) is 11.6 Å². The molecule has 0 unspecified atom stereocenters. The van der Waals surface area contributed by atoms with Crippen molar-refractivity contribution in [2.75, 3.05) is 24.8 Å². The predicted molar refractivity (Wildman–Crippen MR) is 121 cm³/mol. The maximum atomic E-state index is 11.7. The van der Waals surface area contributed by atoms with Crippen LogP contribution in [0, 0.1) is 5.92 Å². The van der Waals surface area contributed by atoms with E-state index in [1.807, 2.05) is 29.2 Å². The summed E-state index contributed by atoms with van der Waals surface area (Å²) in [4.78, 5) is 4.94. The van der Waals surface area contributed by atoms with Crippen LogP contribution in [0.15, 0.2) is 59.9 Å². The van der Waals surface area contributed by atoms with E-state index in [-0.39, 0.29) is 4.90 Å². The van der Waals surface area contributed by atoms with Gasteiger partial charge in [0.25, 0.3) is 0 Å². The molecule has 9 nitrogen and oxygen atoms in total. The maximum Gasteiger partial charge on any atom is 0.247 e. The molecule has 32 heavy (non-hydrogen) atoms. The first kappa shape index (κ1) is 20.7. The molecule has 1 aliphatic rings. The number of hydrogen-bond donors (Lipinski definition) is 1. The van der Waals surface area contributed by atoms with Crippen LogP contribution in [0.25, 0.3) is 16.8 Å². The van der Waals surface area contributed by atoms with Crippen molar-refractivity contribution >= 4 is 27.1 Å². The van der Waals surface area contributed by atoms with Gasteiger partial charge in [0, 0.05) is 44.0 Å². The molecule has 1 fully saturated rings. The average molecular weight is 453 g/mol. The topological polar surface area (TPSA) is 103 Å². The molecule has 0 spiro atoms.